The average molecular weight is 371 g/mol. The first-order valence-corrected chi connectivity index (χ1v) is 8.72. The summed E-state index contributed by atoms with van der Waals surface area (Å²) in [7, 11) is 0. The average Bonchev–Trinajstić information content (AvgIpc) is 2.86. The van der Waals surface area contributed by atoms with Gasteiger partial charge >= 0.3 is 0 Å². The number of fused-ring (bicyclic) bond motifs is 1. The van der Waals surface area contributed by atoms with Crippen LogP contribution in [0.25, 0.3) is 0 Å². The fourth-order valence-corrected chi connectivity index (χ4v) is 6.34. The SMILES string of the molecule is CC12CCC(C(=O)NCc3ccc(Cl)cc3)(C1Br)C2(C)C. The lowest BCUT2D eigenvalue weighted by Crippen LogP contribution is -2.69. The lowest BCUT2D eigenvalue weighted by Gasteiger charge is -2.64. The molecule has 0 saturated heterocycles. The molecule has 0 aromatic heterocycles. The van der Waals surface area contributed by atoms with Crippen LogP contribution in [0.3, 0.4) is 0 Å². The number of nitrogens with one attached hydrogen (secondary N) is 1. The summed E-state index contributed by atoms with van der Waals surface area (Å²) in [6, 6.07) is 7.62. The standard InChI is InChI=1S/C17H21BrClNO/c1-15(2)16(3)8-9-17(15,13(16)18)14(21)20-10-11-4-6-12(19)7-5-11/h4-7,13H,8-10H2,1-3H3,(H,20,21). The number of hydrogen-bond acceptors (Lipinski definition) is 1. The van der Waals surface area contributed by atoms with Gasteiger partial charge in [-0.3, -0.25) is 4.79 Å². The molecule has 0 heterocycles. The lowest BCUT2D eigenvalue weighted by atomic mass is 9.43. The number of carbonyl (C=O) groups is 1. The van der Waals surface area contributed by atoms with E-state index in [1.807, 2.05) is 24.3 Å². The van der Waals surface area contributed by atoms with Crippen LogP contribution in [0.2, 0.25) is 5.02 Å². The van der Waals surface area contributed by atoms with Gasteiger partial charge in [-0.05, 0) is 41.4 Å². The van der Waals surface area contributed by atoms with Crippen LogP contribution in [0, 0.1) is 16.2 Å². The van der Waals surface area contributed by atoms with Crippen LogP contribution >= 0.6 is 27.5 Å². The molecule has 3 aliphatic carbocycles. The molecule has 1 aromatic rings. The maximum Gasteiger partial charge on any atom is 0.228 e. The van der Waals surface area contributed by atoms with Crippen molar-refractivity contribution in [2.75, 3.05) is 0 Å². The van der Waals surface area contributed by atoms with E-state index in [2.05, 4.69) is 42.0 Å². The number of halogens is 2. The van der Waals surface area contributed by atoms with E-state index >= 15 is 0 Å². The fraction of sp³-hybridized carbons (Fsp3) is 0.588. The molecule has 114 valence electrons. The summed E-state index contributed by atoms with van der Waals surface area (Å²) in [6.45, 7) is 7.33. The minimum atomic E-state index is -0.270. The third kappa shape index (κ3) is 1.80. The Morgan fingerprint density at radius 3 is 2.38 bits per heavy atom. The number of alkyl halides is 1. The van der Waals surface area contributed by atoms with E-state index in [-0.39, 0.29) is 27.0 Å². The molecule has 4 heteroatoms. The Balaban J connectivity index is 1.73. The molecule has 3 unspecified atom stereocenters. The van der Waals surface area contributed by atoms with Gasteiger partial charge < -0.3 is 5.32 Å². The quantitative estimate of drug-likeness (QED) is 0.777. The van der Waals surface area contributed by atoms with E-state index in [1.54, 1.807) is 0 Å². The molecule has 2 nitrogen and oxygen atoms in total. The zero-order valence-corrected chi connectivity index (χ0v) is 15.0. The van der Waals surface area contributed by atoms with E-state index in [9.17, 15) is 4.79 Å². The molecule has 1 aromatic carbocycles. The minimum Gasteiger partial charge on any atom is -0.351 e. The van der Waals surface area contributed by atoms with Gasteiger partial charge in [0, 0.05) is 16.4 Å². The van der Waals surface area contributed by atoms with Crippen LogP contribution in [0.4, 0.5) is 0 Å². The summed E-state index contributed by atoms with van der Waals surface area (Å²) < 4.78 is 0. The second-order valence-corrected chi connectivity index (χ2v) is 8.54. The van der Waals surface area contributed by atoms with Gasteiger partial charge in [0.2, 0.25) is 5.91 Å². The number of hydrogen-bond donors (Lipinski definition) is 1. The Labute approximate surface area is 139 Å². The number of carbonyl (C=O) groups excluding carboxylic acids is 1. The molecule has 1 N–H and O–H groups in total. The molecule has 3 aliphatic rings. The minimum absolute atomic E-state index is 0.0399. The third-order valence-electron chi connectivity index (χ3n) is 6.35. The van der Waals surface area contributed by atoms with Gasteiger partial charge in [-0.15, -0.1) is 0 Å². The molecular weight excluding hydrogens is 350 g/mol. The molecule has 2 bridgehead atoms. The van der Waals surface area contributed by atoms with Gasteiger partial charge in [0.05, 0.1) is 5.41 Å². The highest BCUT2D eigenvalue weighted by Gasteiger charge is 2.79. The van der Waals surface area contributed by atoms with Crippen molar-refractivity contribution in [1.82, 2.24) is 5.32 Å². The van der Waals surface area contributed by atoms with E-state index < -0.39 is 0 Å². The molecule has 1 amide bonds. The molecule has 4 rings (SSSR count). The van der Waals surface area contributed by atoms with E-state index in [4.69, 9.17) is 11.6 Å². The molecule has 21 heavy (non-hydrogen) atoms. The second-order valence-electron chi connectivity index (χ2n) is 7.19. The van der Waals surface area contributed by atoms with Crippen LogP contribution < -0.4 is 5.32 Å². The highest BCUT2D eigenvalue weighted by Crippen LogP contribution is 2.79. The highest BCUT2D eigenvalue weighted by molar-refractivity contribution is 9.09. The van der Waals surface area contributed by atoms with Crippen molar-refractivity contribution in [2.24, 2.45) is 16.2 Å². The molecule has 3 fully saturated rings. The largest absolute Gasteiger partial charge is 0.351 e. The number of benzene rings is 1. The predicted octanol–water partition coefficient (Wildman–Crippen LogP) is 4.55. The van der Waals surface area contributed by atoms with Crippen molar-refractivity contribution in [1.29, 1.82) is 0 Å². The van der Waals surface area contributed by atoms with E-state index in [1.165, 1.54) is 0 Å². The Kier molecular flexibility index (Phi) is 3.46. The zero-order chi connectivity index (χ0) is 15.5. The maximum atomic E-state index is 12.8. The molecule has 3 atom stereocenters. The molecule has 0 radical (unpaired) electrons. The first-order valence-electron chi connectivity index (χ1n) is 7.42. The first-order chi connectivity index (χ1) is 9.75. The summed E-state index contributed by atoms with van der Waals surface area (Å²) >= 11 is 9.69. The zero-order valence-electron chi connectivity index (χ0n) is 12.7. The van der Waals surface area contributed by atoms with Crippen LogP contribution in [0.1, 0.15) is 39.2 Å². The topological polar surface area (TPSA) is 29.1 Å². The van der Waals surface area contributed by atoms with Crippen molar-refractivity contribution >= 4 is 33.4 Å². The summed E-state index contributed by atoms with van der Waals surface area (Å²) in [5, 5.41) is 3.85. The van der Waals surface area contributed by atoms with E-state index in [0.717, 1.165) is 23.4 Å². The van der Waals surface area contributed by atoms with Crippen LogP contribution in [0.5, 0.6) is 0 Å². The molecule has 3 saturated carbocycles. The summed E-state index contributed by atoms with van der Waals surface area (Å²) in [4.78, 5) is 13.1. The van der Waals surface area contributed by atoms with Crippen LogP contribution in [-0.2, 0) is 11.3 Å². The van der Waals surface area contributed by atoms with Gasteiger partial charge in [-0.2, -0.15) is 0 Å². The van der Waals surface area contributed by atoms with Crippen LogP contribution in [-0.4, -0.2) is 10.7 Å². The fourth-order valence-electron chi connectivity index (χ4n) is 4.40. The van der Waals surface area contributed by atoms with Crippen LogP contribution in [0.15, 0.2) is 24.3 Å². The van der Waals surface area contributed by atoms with Crippen molar-refractivity contribution in [2.45, 2.75) is 45.0 Å². The number of amides is 1. The van der Waals surface area contributed by atoms with Gasteiger partial charge in [0.25, 0.3) is 0 Å². The van der Waals surface area contributed by atoms with Crippen molar-refractivity contribution in [3.63, 3.8) is 0 Å². The van der Waals surface area contributed by atoms with Gasteiger partial charge in [-0.1, -0.05) is 60.4 Å². The third-order valence-corrected chi connectivity index (χ3v) is 8.39. The Hall–Kier alpha value is -0.540. The molecular formula is C17H21BrClNO. The maximum absolute atomic E-state index is 12.8. The Bertz CT molecular complexity index is 585. The van der Waals surface area contributed by atoms with Gasteiger partial charge in [-0.25, -0.2) is 0 Å². The summed E-state index contributed by atoms with van der Waals surface area (Å²) in [5.74, 6) is 0.180. The summed E-state index contributed by atoms with van der Waals surface area (Å²) in [6.07, 6.45) is 2.09. The van der Waals surface area contributed by atoms with Crippen molar-refractivity contribution in [3.05, 3.63) is 34.9 Å². The summed E-state index contributed by atoms with van der Waals surface area (Å²) in [5.41, 5.74) is 1.07. The van der Waals surface area contributed by atoms with E-state index in [0.29, 0.717) is 6.54 Å². The second kappa shape index (κ2) is 4.73. The highest BCUT2D eigenvalue weighted by atomic mass is 79.9. The molecule has 0 spiro atoms. The van der Waals surface area contributed by atoms with Crippen molar-refractivity contribution < 1.29 is 4.79 Å². The van der Waals surface area contributed by atoms with Crippen molar-refractivity contribution in [3.8, 4) is 0 Å². The Morgan fingerprint density at radius 1 is 1.29 bits per heavy atom. The van der Waals surface area contributed by atoms with Gasteiger partial charge in [0.1, 0.15) is 0 Å². The monoisotopic (exact) mass is 369 g/mol. The smallest absolute Gasteiger partial charge is 0.228 e. The lowest BCUT2D eigenvalue weighted by molar-refractivity contribution is -0.161. The first kappa shape index (κ1) is 15.4. The predicted molar refractivity (Wildman–Crippen MR) is 89.6 cm³/mol. The normalized spacial score (nSPS) is 36.1. The number of rotatable bonds is 3. The van der Waals surface area contributed by atoms with Gasteiger partial charge in [0.15, 0.2) is 0 Å². The molecule has 0 aliphatic heterocycles. The Morgan fingerprint density at radius 2 is 1.90 bits per heavy atom.